The molecule has 0 amide bonds. The van der Waals surface area contributed by atoms with Crippen molar-refractivity contribution in [2.45, 2.75) is 47.6 Å². The van der Waals surface area contributed by atoms with Crippen LogP contribution in [0.15, 0.2) is 6.07 Å². The molecule has 0 spiro atoms. The Balaban J connectivity index is 0.00000264. The number of hydrogen-bond donors (Lipinski definition) is 0. The van der Waals surface area contributed by atoms with E-state index in [1.165, 1.54) is 22.3 Å². The molecule has 2 rings (SSSR count). The van der Waals surface area contributed by atoms with E-state index in [0.29, 0.717) is 5.88 Å². The molecule has 2 aromatic rings. The maximum atomic E-state index is 5.68. The predicted molar refractivity (Wildman–Crippen MR) is 90.1 cm³/mol. The zero-order valence-corrected chi connectivity index (χ0v) is 17.5. The fourth-order valence-corrected chi connectivity index (χ4v) is 2.89. The van der Waals surface area contributed by atoms with Crippen LogP contribution >= 0.6 is 0 Å². The first-order chi connectivity index (χ1) is 10.3. The number of nitrogens with zero attached hydrogens (tertiary/aromatic N) is 2. The third-order valence-corrected chi connectivity index (χ3v) is 4.33. The molecule has 5 heteroatoms. The van der Waals surface area contributed by atoms with Gasteiger partial charge in [0.15, 0.2) is 0 Å². The second kappa shape index (κ2) is 7.53. The second-order valence-corrected chi connectivity index (χ2v) is 6.07. The maximum Gasteiger partial charge on any atom is 0.244 e. The predicted octanol–water partition coefficient (Wildman–Crippen LogP) is 4.38. The SMILES string of the molecule is COc1nn(C(C)C)c(OC)c1-c1c(C)c(C)cc(C)c1C.[Pt]. The number of ether oxygens (including phenoxy) is 2. The Labute approximate surface area is 153 Å². The summed E-state index contributed by atoms with van der Waals surface area (Å²) in [5.41, 5.74) is 7.11. The first-order valence-electron chi connectivity index (χ1n) is 7.61. The molecule has 0 aliphatic carbocycles. The van der Waals surface area contributed by atoms with E-state index in [1.807, 2.05) is 4.68 Å². The summed E-state index contributed by atoms with van der Waals surface area (Å²) in [5.74, 6) is 1.37. The summed E-state index contributed by atoms with van der Waals surface area (Å²) in [7, 11) is 3.34. The smallest absolute Gasteiger partial charge is 0.244 e. The van der Waals surface area contributed by atoms with Crippen LogP contribution in [-0.4, -0.2) is 24.0 Å². The van der Waals surface area contributed by atoms with Crippen molar-refractivity contribution in [2.75, 3.05) is 14.2 Å². The minimum atomic E-state index is 0. The number of methoxy groups -OCH3 is 2. The van der Waals surface area contributed by atoms with E-state index in [1.54, 1.807) is 14.2 Å². The Kier molecular flexibility index (Phi) is 6.47. The summed E-state index contributed by atoms with van der Waals surface area (Å²) in [6.45, 7) is 12.7. The molecule has 1 aromatic carbocycles. The number of benzene rings is 1. The van der Waals surface area contributed by atoms with Gasteiger partial charge in [0.05, 0.1) is 20.3 Å². The quantitative estimate of drug-likeness (QED) is 0.629. The van der Waals surface area contributed by atoms with E-state index in [4.69, 9.17) is 9.47 Å². The number of rotatable bonds is 4. The summed E-state index contributed by atoms with van der Waals surface area (Å²) in [6, 6.07) is 2.42. The molecule has 130 valence electrons. The van der Waals surface area contributed by atoms with Crippen molar-refractivity contribution in [2.24, 2.45) is 0 Å². The molecule has 0 N–H and O–H groups in total. The zero-order valence-electron chi connectivity index (χ0n) is 15.2. The fourth-order valence-electron chi connectivity index (χ4n) is 2.89. The van der Waals surface area contributed by atoms with Gasteiger partial charge in [-0.1, -0.05) is 6.07 Å². The molecule has 0 fully saturated rings. The van der Waals surface area contributed by atoms with Gasteiger partial charge in [0, 0.05) is 21.1 Å². The summed E-state index contributed by atoms with van der Waals surface area (Å²) in [5, 5.41) is 4.59. The van der Waals surface area contributed by atoms with Gasteiger partial charge in [-0.05, 0) is 69.4 Å². The van der Waals surface area contributed by atoms with E-state index in [0.717, 1.165) is 17.0 Å². The molecule has 0 saturated carbocycles. The van der Waals surface area contributed by atoms with E-state index >= 15 is 0 Å². The van der Waals surface area contributed by atoms with Crippen LogP contribution in [0.3, 0.4) is 0 Å². The summed E-state index contributed by atoms with van der Waals surface area (Å²) >= 11 is 0. The van der Waals surface area contributed by atoms with Crippen LogP contribution in [0.2, 0.25) is 0 Å². The van der Waals surface area contributed by atoms with Crippen molar-refractivity contribution in [3.63, 3.8) is 0 Å². The van der Waals surface area contributed by atoms with E-state index < -0.39 is 0 Å². The Hall–Kier alpha value is -1.28. The molecule has 0 atom stereocenters. The summed E-state index contributed by atoms with van der Waals surface area (Å²) in [6.07, 6.45) is 0. The molecule has 0 aliphatic rings. The van der Waals surface area contributed by atoms with Crippen molar-refractivity contribution in [3.05, 3.63) is 28.3 Å². The largest absolute Gasteiger partial charge is 0.481 e. The van der Waals surface area contributed by atoms with Gasteiger partial charge in [0.1, 0.15) is 5.56 Å². The molecule has 0 aliphatic heterocycles. The normalized spacial score (nSPS) is 10.7. The van der Waals surface area contributed by atoms with Crippen LogP contribution in [0.4, 0.5) is 0 Å². The van der Waals surface area contributed by atoms with Crippen molar-refractivity contribution in [1.29, 1.82) is 0 Å². The van der Waals surface area contributed by atoms with Gasteiger partial charge in [-0.25, -0.2) is 4.68 Å². The van der Waals surface area contributed by atoms with Gasteiger partial charge in [-0.3, -0.25) is 0 Å². The number of hydrogen-bond acceptors (Lipinski definition) is 3. The van der Waals surface area contributed by atoms with Gasteiger partial charge >= 0.3 is 0 Å². The van der Waals surface area contributed by atoms with E-state index in [2.05, 4.69) is 52.7 Å². The third-order valence-electron chi connectivity index (χ3n) is 4.33. The van der Waals surface area contributed by atoms with Gasteiger partial charge in [-0.2, -0.15) is 0 Å². The fraction of sp³-hybridized carbons (Fsp3) is 0.500. The van der Waals surface area contributed by atoms with Gasteiger partial charge in [0.25, 0.3) is 0 Å². The maximum absolute atomic E-state index is 5.68. The molecule has 0 saturated heterocycles. The van der Waals surface area contributed by atoms with Crippen LogP contribution in [0.5, 0.6) is 11.8 Å². The summed E-state index contributed by atoms with van der Waals surface area (Å²) in [4.78, 5) is 0. The molecule has 1 aromatic heterocycles. The van der Waals surface area contributed by atoms with Crippen LogP contribution in [0.1, 0.15) is 42.1 Å². The van der Waals surface area contributed by atoms with Crippen molar-refractivity contribution >= 4 is 0 Å². The first kappa shape index (κ1) is 19.8. The molecular weight excluding hydrogens is 471 g/mol. The molecule has 23 heavy (non-hydrogen) atoms. The van der Waals surface area contributed by atoms with Gasteiger partial charge in [-0.15, -0.1) is 5.10 Å². The topological polar surface area (TPSA) is 36.3 Å². The van der Waals surface area contributed by atoms with Crippen molar-refractivity contribution in [1.82, 2.24) is 9.78 Å². The molecular formula is C18H26N2O2Pt. The van der Waals surface area contributed by atoms with Gasteiger partial charge < -0.3 is 9.47 Å². The van der Waals surface area contributed by atoms with Crippen LogP contribution in [0.25, 0.3) is 11.1 Å². The van der Waals surface area contributed by atoms with Crippen molar-refractivity contribution < 1.29 is 30.5 Å². The monoisotopic (exact) mass is 497 g/mol. The summed E-state index contributed by atoms with van der Waals surface area (Å²) < 4.78 is 13.1. The molecule has 0 bridgehead atoms. The second-order valence-electron chi connectivity index (χ2n) is 6.07. The molecule has 0 unspecified atom stereocenters. The van der Waals surface area contributed by atoms with Gasteiger partial charge in [0.2, 0.25) is 11.8 Å². The van der Waals surface area contributed by atoms with E-state index in [-0.39, 0.29) is 27.1 Å². The minimum absolute atomic E-state index is 0. The number of aromatic nitrogens is 2. The zero-order chi connectivity index (χ0) is 16.6. The minimum Gasteiger partial charge on any atom is -0.481 e. The van der Waals surface area contributed by atoms with Crippen LogP contribution < -0.4 is 9.47 Å². The average molecular weight is 497 g/mol. The van der Waals surface area contributed by atoms with Crippen LogP contribution in [0, 0.1) is 27.7 Å². The van der Waals surface area contributed by atoms with E-state index in [9.17, 15) is 0 Å². The first-order valence-corrected chi connectivity index (χ1v) is 7.61. The standard InChI is InChI=1S/C18H26N2O2.Pt/c1-10(2)20-18(22-8)16(17(19-20)21-7)15-13(5)11(3)9-12(4)14(15)6;/h9-10H,1-8H3;. The molecule has 0 radical (unpaired) electrons. The van der Waals surface area contributed by atoms with Crippen molar-refractivity contribution in [3.8, 4) is 22.9 Å². The molecule has 1 heterocycles. The Morgan fingerprint density at radius 2 is 1.43 bits per heavy atom. The third kappa shape index (κ3) is 3.33. The Morgan fingerprint density at radius 3 is 1.83 bits per heavy atom. The molecule has 4 nitrogen and oxygen atoms in total. The number of aryl methyl sites for hydroxylation is 2. The average Bonchev–Trinajstić information content (AvgIpc) is 2.84. The van der Waals surface area contributed by atoms with Crippen LogP contribution in [-0.2, 0) is 21.1 Å². The Morgan fingerprint density at radius 1 is 0.913 bits per heavy atom. The Bertz CT molecular complexity index is 680.